The van der Waals surface area contributed by atoms with Gasteiger partial charge < -0.3 is 10.1 Å². The molecule has 2 aromatic heterocycles. The van der Waals surface area contributed by atoms with Crippen LogP contribution in [0.3, 0.4) is 0 Å². The number of methoxy groups -OCH3 is 1. The lowest BCUT2D eigenvalue weighted by Crippen LogP contribution is -2.17. The normalized spacial score (nSPS) is 10.5. The summed E-state index contributed by atoms with van der Waals surface area (Å²) in [4.78, 5) is 24.9. The van der Waals surface area contributed by atoms with Crippen molar-refractivity contribution >= 4 is 39.8 Å². The van der Waals surface area contributed by atoms with Crippen LogP contribution in [0.5, 0.6) is 0 Å². The van der Waals surface area contributed by atoms with Crippen molar-refractivity contribution in [1.29, 1.82) is 0 Å². The highest BCUT2D eigenvalue weighted by atomic mass is 35.5. The lowest BCUT2D eigenvalue weighted by molar-refractivity contribution is 0.0602. The van der Waals surface area contributed by atoms with E-state index >= 15 is 0 Å². The molecule has 0 fully saturated rings. The molecule has 0 saturated carbocycles. The Kier molecular flexibility index (Phi) is 4.34. The number of ether oxygens (including phenoxy) is 1. The summed E-state index contributed by atoms with van der Waals surface area (Å²) in [6, 6.07) is 1.67. The van der Waals surface area contributed by atoms with Gasteiger partial charge in [0, 0.05) is 11.9 Å². The van der Waals surface area contributed by atoms with E-state index in [-0.39, 0.29) is 5.69 Å². The van der Waals surface area contributed by atoms with Crippen LogP contribution in [0.15, 0.2) is 6.07 Å². The summed E-state index contributed by atoms with van der Waals surface area (Å²) in [5.41, 5.74) is 1.14. The van der Waals surface area contributed by atoms with Gasteiger partial charge in [-0.3, -0.25) is 9.48 Å². The number of thiophene rings is 1. The van der Waals surface area contributed by atoms with E-state index < -0.39 is 11.9 Å². The predicted molar refractivity (Wildman–Crippen MR) is 81.3 cm³/mol. The predicted octanol–water partition coefficient (Wildman–Crippen LogP) is 2.79. The molecular weight excluding hydrogens is 314 g/mol. The molecule has 0 saturated heterocycles. The first-order valence-electron chi connectivity index (χ1n) is 6.04. The third-order valence-electron chi connectivity index (χ3n) is 2.85. The third-order valence-corrected chi connectivity index (χ3v) is 4.27. The summed E-state index contributed by atoms with van der Waals surface area (Å²) in [5.74, 6) is -0.919. The molecule has 1 N–H and O–H groups in total. The average molecular weight is 328 g/mol. The number of aromatic nitrogens is 2. The lowest BCUT2D eigenvalue weighted by atomic mass is 10.3. The minimum Gasteiger partial charge on any atom is -0.465 e. The second kappa shape index (κ2) is 5.87. The van der Waals surface area contributed by atoms with Gasteiger partial charge in [-0.05, 0) is 19.9 Å². The Bertz CT molecular complexity index is 721. The van der Waals surface area contributed by atoms with E-state index in [1.54, 1.807) is 20.0 Å². The second-order valence-corrected chi connectivity index (χ2v) is 6.05. The zero-order valence-corrected chi connectivity index (χ0v) is 13.6. The molecule has 0 bridgehead atoms. The topological polar surface area (TPSA) is 73.2 Å². The maximum Gasteiger partial charge on any atom is 0.340 e. The maximum atomic E-state index is 12.3. The summed E-state index contributed by atoms with van der Waals surface area (Å²) in [5, 5.41) is 7.50. The third kappa shape index (κ3) is 2.93. The van der Waals surface area contributed by atoms with Crippen molar-refractivity contribution in [2.45, 2.75) is 13.8 Å². The van der Waals surface area contributed by atoms with Crippen molar-refractivity contribution < 1.29 is 14.3 Å². The molecule has 0 spiro atoms. The number of carbonyl (C=O) groups is 2. The van der Waals surface area contributed by atoms with Crippen LogP contribution in [0.2, 0.25) is 5.02 Å². The first kappa shape index (κ1) is 15.5. The average Bonchev–Trinajstić information content (AvgIpc) is 2.89. The van der Waals surface area contributed by atoms with Gasteiger partial charge in [0.25, 0.3) is 5.91 Å². The monoisotopic (exact) mass is 327 g/mol. The summed E-state index contributed by atoms with van der Waals surface area (Å²) < 4.78 is 6.11. The van der Waals surface area contributed by atoms with Crippen LogP contribution in [0.4, 0.5) is 5.00 Å². The van der Waals surface area contributed by atoms with Crippen LogP contribution in [0.25, 0.3) is 0 Å². The van der Waals surface area contributed by atoms with Crippen molar-refractivity contribution in [1.82, 2.24) is 9.78 Å². The number of aryl methyl sites for hydroxylation is 3. The van der Waals surface area contributed by atoms with Crippen LogP contribution in [0.1, 0.15) is 31.4 Å². The molecule has 6 nitrogen and oxygen atoms in total. The molecule has 21 heavy (non-hydrogen) atoms. The zero-order chi connectivity index (χ0) is 15.7. The van der Waals surface area contributed by atoms with Crippen molar-refractivity contribution in [3.8, 4) is 0 Å². The Morgan fingerprint density at radius 2 is 2.10 bits per heavy atom. The summed E-state index contributed by atoms with van der Waals surface area (Å²) in [7, 11) is 2.93. The molecule has 0 aromatic carbocycles. The van der Waals surface area contributed by atoms with Crippen LogP contribution in [0, 0.1) is 13.8 Å². The Labute approximate surface area is 130 Å². The maximum absolute atomic E-state index is 12.3. The van der Waals surface area contributed by atoms with Gasteiger partial charge in [0.15, 0.2) is 0 Å². The van der Waals surface area contributed by atoms with Gasteiger partial charge in [-0.1, -0.05) is 11.6 Å². The van der Waals surface area contributed by atoms with Gasteiger partial charge in [-0.15, -0.1) is 11.3 Å². The number of amides is 1. The van der Waals surface area contributed by atoms with Crippen molar-refractivity contribution in [3.63, 3.8) is 0 Å². The molecule has 8 heteroatoms. The number of esters is 1. The smallest absolute Gasteiger partial charge is 0.340 e. The van der Waals surface area contributed by atoms with Gasteiger partial charge in [0.05, 0.1) is 23.4 Å². The Morgan fingerprint density at radius 3 is 2.62 bits per heavy atom. The number of hydrogen-bond acceptors (Lipinski definition) is 5. The Balaban J connectivity index is 2.34. The molecule has 0 atom stereocenters. The molecule has 0 aliphatic heterocycles. The molecule has 1 amide bonds. The van der Waals surface area contributed by atoms with Crippen LogP contribution >= 0.6 is 22.9 Å². The highest BCUT2D eigenvalue weighted by Gasteiger charge is 2.22. The lowest BCUT2D eigenvalue weighted by Gasteiger charge is -2.06. The fourth-order valence-electron chi connectivity index (χ4n) is 1.91. The minimum absolute atomic E-state index is 0.246. The first-order chi connectivity index (χ1) is 9.85. The summed E-state index contributed by atoms with van der Waals surface area (Å²) in [6.07, 6.45) is 0. The van der Waals surface area contributed by atoms with Crippen LogP contribution < -0.4 is 5.32 Å². The van der Waals surface area contributed by atoms with Crippen molar-refractivity contribution in [3.05, 3.63) is 32.9 Å². The van der Waals surface area contributed by atoms with Gasteiger partial charge in [0.2, 0.25) is 0 Å². The largest absolute Gasteiger partial charge is 0.465 e. The molecule has 112 valence electrons. The molecule has 0 aliphatic carbocycles. The Hall–Kier alpha value is -1.86. The van der Waals surface area contributed by atoms with Gasteiger partial charge >= 0.3 is 5.97 Å². The van der Waals surface area contributed by atoms with E-state index in [0.29, 0.717) is 21.3 Å². The fraction of sp³-hybridized carbons (Fsp3) is 0.308. The van der Waals surface area contributed by atoms with E-state index in [1.165, 1.54) is 23.1 Å². The zero-order valence-electron chi connectivity index (χ0n) is 12.0. The number of rotatable bonds is 3. The molecule has 0 radical (unpaired) electrons. The SMILES string of the molecule is COC(=O)c1cc(C)sc1NC(=O)c1c(Cl)c(C)nn1C. The number of carbonyl (C=O) groups excluding carboxylic acids is 2. The highest BCUT2D eigenvalue weighted by molar-refractivity contribution is 7.16. The van der Waals surface area contributed by atoms with E-state index in [0.717, 1.165) is 4.88 Å². The Morgan fingerprint density at radius 1 is 1.43 bits per heavy atom. The number of halogens is 1. The quantitative estimate of drug-likeness (QED) is 0.880. The van der Waals surface area contributed by atoms with Gasteiger partial charge in [0.1, 0.15) is 10.7 Å². The molecule has 2 heterocycles. The standard InChI is InChI=1S/C13H14ClN3O3S/c1-6-5-8(13(19)20-4)12(21-6)15-11(18)10-9(14)7(2)16-17(10)3/h5H,1-4H3,(H,15,18). The highest BCUT2D eigenvalue weighted by Crippen LogP contribution is 2.29. The number of nitrogens with one attached hydrogen (secondary N) is 1. The van der Waals surface area contributed by atoms with Crippen LogP contribution in [-0.4, -0.2) is 28.8 Å². The minimum atomic E-state index is -0.498. The molecule has 2 aromatic rings. The van der Waals surface area contributed by atoms with Gasteiger partial charge in [-0.2, -0.15) is 5.10 Å². The number of nitrogens with zero attached hydrogens (tertiary/aromatic N) is 2. The molecule has 0 unspecified atom stereocenters. The number of anilines is 1. The molecule has 2 rings (SSSR count). The summed E-state index contributed by atoms with van der Waals surface area (Å²) >= 11 is 7.37. The van der Waals surface area contributed by atoms with E-state index in [4.69, 9.17) is 16.3 Å². The van der Waals surface area contributed by atoms with Crippen molar-refractivity contribution in [2.24, 2.45) is 7.05 Å². The van der Waals surface area contributed by atoms with E-state index in [9.17, 15) is 9.59 Å². The molecular formula is C13H14ClN3O3S. The van der Waals surface area contributed by atoms with Crippen LogP contribution in [-0.2, 0) is 11.8 Å². The molecule has 0 aliphatic rings. The first-order valence-corrected chi connectivity index (χ1v) is 7.23. The van der Waals surface area contributed by atoms with Gasteiger partial charge in [-0.25, -0.2) is 4.79 Å². The van der Waals surface area contributed by atoms with Crippen molar-refractivity contribution in [2.75, 3.05) is 12.4 Å². The van der Waals surface area contributed by atoms with E-state index in [2.05, 4.69) is 10.4 Å². The number of hydrogen-bond donors (Lipinski definition) is 1. The fourth-order valence-corrected chi connectivity index (χ4v) is 3.05. The van der Waals surface area contributed by atoms with E-state index in [1.807, 2.05) is 6.92 Å². The second-order valence-electron chi connectivity index (χ2n) is 4.42. The summed E-state index contributed by atoms with van der Waals surface area (Å²) in [6.45, 7) is 3.56.